The maximum absolute atomic E-state index is 13.5. The van der Waals surface area contributed by atoms with Crippen molar-refractivity contribution in [3.63, 3.8) is 0 Å². The topological polar surface area (TPSA) is 75.4 Å². The molecule has 0 unspecified atom stereocenters. The molecule has 0 saturated carbocycles. The summed E-state index contributed by atoms with van der Waals surface area (Å²) in [4.78, 5) is 11.9. The van der Waals surface area contributed by atoms with E-state index in [0.29, 0.717) is 18.5 Å². The Morgan fingerprint density at radius 2 is 2.11 bits per heavy atom. The maximum Gasteiger partial charge on any atom is 0.251 e. The predicted octanol–water partition coefficient (Wildman–Crippen LogP) is 1.85. The molecule has 4 N–H and O–H groups in total. The minimum atomic E-state index is -0.486. The van der Waals surface area contributed by atoms with Crippen LogP contribution in [0.3, 0.4) is 0 Å². The quantitative estimate of drug-likeness (QED) is 0.713. The average molecular weight is 268 g/mol. The fourth-order valence-corrected chi connectivity index (χ4v) is 1.64. The lowest BCUT2D eigenvalue weighted by molar-refractivity contribution is 0.0928. The Bertz CT molecular complexity index is 450. The number of carbonyl (C=O) groups excluding carboxylic acids is 1. The number of nitrogen functional groups attached to an aromatic ring is 1. The van der Waals surface area contributed by atoms with Gasteiger partial charge in [-0.15, -0.1) is 0 Å². The molecule has 0 saturated heterocycles. The highest BCUT2D eigenvalue weighted by atomic mass is 19.1. The van der Waals surface area contributed by atoms with E-state index in [-0.39, 0.29) is 29.2 Å². The van der Waals surface area contributed by atoms with Crippen molar-refractivity contribution < 1.29 is 14.3 Å². The highest BCUT2D eigenvalue weighted by Gasteiger charge is 2.19. The summed E-state index contributed by atoms with van der Waals surface area (Å²) in [5.74, 6) is -0.851. The zero-order chi connectivity index (χ0) is 14.6. The van der Waals surface area contributed by atoms with Crippen LogP contribution < -0.4 is 11.1 Å². The highest BCUT2D eigenvalue weighted by Crippen LogP contribution is 2.20. The summed E-state index contributed by atoms with van der Waals surface area (Å²) >= 11 is 0. The van der Waals surface area contributed by atoms with E-state index in [9.17, 15) is 9.18 Å². The molecule has 0 bridgehead atoms. The lowest BCUT2D eigenvalue weighted by Crippen LogP contribution is -2.34. The number of nitrogens with one attached hydrogen (secondary N) is 1. The molecule has 0 aliphatic carbocycles. The van der Waals surface area contributed by atoms with Gasteiger partial charge in [-0.2, -0.15) is 0 Å². The van der Waals surface area contributed by atoms with E-state index >= 15 is 0 Å². The van der Waals surface area contributed by atoms with Gasteiger partial charge in [0, 0.05) is 30.0 Å². The van der Waals surface area contributed by atoms with Crippen molar-refractivity contribution in [2.45, 2.75) is 27.2 Å². The van der Waals surface area contributed by atoms with Crippen molar-refractivity contribution in [2.24, 2.45) is 5.41 Å². The number of benzene rings is 1. The number of aliphatic hydroxyl groups is 1. The van der Waals surface area contributed by atoms with Gasteiger partial charge in [-0.1, -0.05) is 13.8 Å². The Kier molecular flexibility index (Phi) is 4.89. The fourth-order valence-electron chi connectivity index (χ4n) is 1.64. The minimum absolute atomic E-state index is 0.0645. The van der Waals surface area contributed by atoms with Gasteiger partial charge < -0.3 is 16.2 Å². The highest BCUT2D eigenvalue weighted by molar-refractivity contribution is 5.95. The molecule has 0 radical (unpaired) electrons. The number of hydrogen-bond acceptors (Lipinski definition) is 3. The summed E-state index contributed by atoms with van der Waals surface area (Å²) in [6.07, 6.45) is 0.581. The first kappa shape index (κ1) is 15.4. The van der Waals surface area contributed by atoms with E-state index in [2.05, 4.69) is 5.32 Å². The minimum Gasteiger partial charge on any atom is -0.398 e. The number of halogens is 1. The molecule has 0 atom stereocenters. The summed E-state index contributed by atoms with van der Waals surface area (Å²) in [7, 11) is 0. The Morgan fingerprint density at radius 1 is 1.47 bits per heavy atom. The third-order valence-electron chi connectivity index (χ3n) is 3.16. The van der Waals surface area contributed by atoms with Crippen molar-refractivity contribution in [1.82, 2.24) is 5.32 Å². The van der Waals surface area contributed by atoms with Crippen LogP contribution in [0.2, 0.25) is 0 Å². The summed E-state index contributed by atoms with van der Waals surface area (Å²) in [5.41, 5.74) is 6.24. The first-order valence-electron chi connectivity index (χ1n) is 6.21. The second kappa shape index (κ2) is 6.02. The van der Waals surface area contributed by atoms with Gasteiger partial charge in [-0.3, -0.25) is 4.79 Å². The van der Waals surface area contributed by atoms with Gasteiger partial charge in [-0.25, -0.2) is 4.39 Å². The van der Waals surface area contributed by atoms with Crippen molar-refractivity contribution in [1.29, 1.82) is 0 Å². The van der Waals surface area contributed by atoms with Gasteiger partial charge in [0.1, 0.15) is 5.82 Å². The second-order valence-corrected chi connectivity index (χ2v) is 5.49. The van der Waals surface area contributed by atoms with Gasteiger partial charge in [0.15, 0.2) is 0 Å². The number of rotatable bonds is 5. The van der Waals surface area contributed by atoms with Crippen LogP contribution in [0.5, 0.6) is 0 Å². The van der Waals surface area contributed by atoms with Crippen LogP contribution in [-0.4, -0.2) is 24.2 Å². The van der Waals surface area contributed by atoms with Crippen LogP contribution in [0.25, 0.3) is 0 Å². The first-order chi connectivity index (χ1) is 8.76. The molecule has 1 aromatic carbocycles. The van der Waals surface area contributed by atoms with E-state index < -0.39 is 5.82 Å². The van der Waals surface area contributed by atoms with Gasteiger partial charge in [0.25, 0.3) is 5.91 Å². The standard InChI is InChI=1S/C14H21FN2O2/c1-9-11(15)6-10(7-12(9)16)13(19)17-8-14(2,3)4-5-18/h6-7,18H,4-5,8,16H2,1-3H3,(H,17,19). The average Bonchev–Trinajstić information content (AvgIpc) is 2.32. The number of amides is 1. The maximum atomic E-state index is 13.5. The number of nitrogens with two attached hydrogens (primary N) is 1. The van der Waals surface area contributed by atoms with Crippen molar-refractivity contribution in [2.75, 3.05) is 18.9 Å². The van der Waals surface area contributed by atoms with E-state index in [1.165, 1.54) is 12.1 Å². The Labute approximate surface area is 112 Å². The smallest absolute Gasteiger partial charge is 0.251 e. The van der Waals surface area contributed by atoms with E-state index in [1.54, 1.807) is 6.92 Å². The fraction of sp³-hybridized carbons (Fsp3) is 0.500. The lowest BCUT2D eigenvalue weighted by Gasteiger charge is -2.23. The van der Waals surface area contributed by atoms with Gasteiger partial charge >= 0.3 is 0 Å². The molecular formula is C14H21FN2O2. The predicted molar refractivity (Wildman–Crippen MR) is 73.4 cm³/mol. The molecule has 0 spiro atoms. The molecule has 0 fully saturated rings. The Hall–Kier alpha value is -1.62. The SMILES string of the molecule is Cc1c(N)cc(C(=O)NCC(C)(C)CCO)cc1F. The molecule has 0 heterocycles. The molecule has 0 aromatic heterocycles. The molecule has 1 aromatic rings. The molecule has 19 heavy (non-hydrogen) atoms. The second-order valence-electron chi connectivity index (χ2n) is 5.49. The molecular weight excluding hydrogens is 247 g/mol. The van der Waals surface area contributed by atoms with Crippen LogP contribution in [-0.2, 0) is 0 Å². The summed E-state index contributed by atoms with van der Waals surface area (Å²) in [5, 5.41) is 11.6. The normalized spacial score (nSPS) is 11.4. The summed E-state index contributed by atoms with van der Waals surface area (Å²) in [6.45, 7) is 5.91. The Balaban J connectivity index is 2.74. The van der Waals surface area contributed by atoms with E-state index in [1.807, 2.05) is 13.8 Å². The third-order valence-corrected chi connectivity index (χ3v) is 3.16. The summed E-state index contributed by atoms with van der Waals surface area (Å²) in [6, 6.07) is 2.65. The number of hydrogen-bond donors (Lipinski definition) is 3. The summed E-state index contributed by atoms with van der Waals surface area (Å²) < 4.78 is 13.5. The first-order valence-corrected chi connectivity index (χ1v) is 6.21. The van der Waals surface area contributed by atoms with Gasteiger partial charge in [-0.05, 0) is 30.9 Å². The van der Waals surface area contributed by atoms with Crippen LogP contribution in [0.1, 0.15) is 36.2 Å². The van der Waals surface area contributed by atoms with Crippen LogP contribution >= 0.6 is 0 Å². The number of aliphatic hydroxyl groups excluding tert-OH is 1. The zero-order valence-corrected chi connectivity index (χ0v) is 11.6. The lowest BCUT2D eigenvalue weighted by atomic mass is 9.89. The van der Waals surface area contributed by atoms with Crippen molar-refractivity contribution in [3.05, 3.63) is 29.1 Å². The molecule has 0 aliphatic rings. The van der Waals surface area contributed by atoms with E-state index in [4.69, 9.17) is 10.8 Å². The van der Waals surface area contributed by atoms with E-state index in [0.717, 1.165) is 0 Å². The number of carbonyl (C=O) groups is 1. The molecule has 5 heteroatoms. The van der Waals surface area contributed by atoms with Crippen LogP contribution in [0.15, 0.2) is 12.1 Å². The van der Waals surface area contributed by atoms with Crippen molar-refractivity contribution in [3.8, 4) is 0 Å². The van der Waals surface area contributed by atoms with Crippen LogP contribution in [0.4, 0.5) is 10.1 Å². The number of anilines is 1. The van der Waals surface area contributed by atoms with Crippen LogP contribution in [0, 0.1) is 18.2 Å². The molecule has 106 valence electrons. The monoisotopic (exact) mass is 268 g/mol. The van der Waals surface area contributed by atoms with Crippen molar-refractivity contribution >= 4 is 11.6 Å². The molecule has 4 nitrogen and oxygen atoms in total. The molecule has 1 amide bonds. The largest absolute Gasteiger partial charge is 0.398 e. The molecule has 1 rings (SSSR count). The van der Waals surface area contributed by atoms with Gasteiger partial charge in [0.2, 0.25) is 0 Å². The van der Waals surface area contributed by atoms with Gasteiger partial charge in [0.05, 0.1) is 0 Å². The molecule has 0 aliphatic heterocycles. The zero-order valence-electron chi connectivity index (χ0n) is 11.6. The third kappa shape index (κ3) is 4.21. The Morgan fingerprint density at radius 3 is 2.63 bits per heavy atom.